The molecule has 3 aromatic carbocycles. The number of aromatic nitrogens is 4. The predicted octanol–water partition coefficient (Wildman–Crippen LogP) is 8.73. The van der Waals surface area contributed by atoms with Gasteiger partial charge in [-0.3, -0.25) is 9.78 Å². The lowest BCUT2D eigenvalue weighted by atomic mass is 9.86. The molecule has 0 unspecified atom stereocenters. The van der Waals surface area contributed by atoms with Gasteiger partial charge in [-0.1, -0.05) is 114 Å². The van der Waals surface area contributed by atoms with E-state index in [4.69, 9.17) is 19.9 Å². The van der Waals surface area contributed by atoms with E-state index in [2.05, 4.69) is 90.1 Å². The minimum Gasteiger partial charge on any atom is -0.295 e. The average molecular weight is 541 g/mol. The van der Waals surface area contributed by atoms with Crippen LogP contribution in [0.5, 0.6) is 0 Å². The van der Waals surface area contributed by atoms with Crippen LogP contribution >= 0.6 is 0 Å². The fourth-order valence-electron chi connectivity index (χ4n) is 4.57. The van der Waals surface area contributed by atoms with Crippen molar-refractivity contribution in [1.29, 1.82) is 0 Å². The zero-order chi connectivity index (χ0) is 29.4. The average Bonchev–Trinajstić information content (AvgIpc) is 2.96. The molecule has 0 aliphatic heterocycles. The summed E-state index contributed by atoms with van der Waals surface area (Å²) in [6, 6.07) is 28.3. The maximum Gasteiger partial charge on any atom is 0.165 e. The minimum absolute atomic E-state index is 0.0439. The zero-order valence-corrected chi connectivity index (χ0v) is 24.9. The lowest BCUT2D eigenvalue weighted by Crippen LogP contribution is -2.10. The molecule has 0 bridgehead atoms. The molecule has 0 radical (unpaired) electrons. The summed E-state index contributed by atoms with van der Waals surface area (Å²) < 4.78 is 0. The molecule has 0 saturated heterocycles. The summed E-state index contributed by atoms with van der Waals surface area (Å²) in [5, 5.41) is 0. The number of carbonyl (C=O) groups excluding carboxylic acids is 1. The second-order valence-corrected chi connectivity index (χ2v) is 12.5. The molecule has 206 valence electrons. The first-order valence-corrected chi connectivity index (χ1v) is 13.9. The Balaban J connectivity index is 1.56. The first kappa shape index (κ1) is 28.0. The quantitative estimate of drug-likeness (QED) is 0.209. The van der Waals surface area contributed by atoms with Crippen molar-refractivity contribution in [3.8, 4) is 45.4 Å². The van der Waals surface area contributed by atoms with E-state index in [1.54, 1.807) is 13.1 Å². The summed E-state index contributed by atoms with van der Waals surface area (Å²) >= 11 is 0. The molecule has 0 aliphatic rings. The third-order valence-corrected chi connectivity index (χ3v) is 7.26. The molecule has 5 aromatic rings. The van der Waals surface area contributed by atoms with E-state index < -0.39 is 0 Å². The van der Waals surface area contributed by atoms with E-state index >= 15 is 0 Å². The summed E-state index contributed by atoms with van der Waals surface area (Å²) in [6.07, 6.45) is 1.79. The molecule has 5 heteroatoms. The highest BCUT2D eigenvalue weighted by atomic mass is 16.1. The van der Waals surface area contributed by atoms with E-state index in [9.17, 15) is 4.79 Å². The van der Waals surface area contributed by atoms with E-state index in [1.807, 2.05) is 36.4 Å². The van der Waals surface area contributed by atoms with E-state index in [-0.39, 0.29) is 16.6 Å². The normalized spacial score (nSPS) is 11.9. The van der Waals surface area contributed by atoms with Gasteiger partial charge in [-0.15, -0.1) is 0 Å². The molecular formula is C36H36N4O. The first-order valence-electron chi connectivity index (χ1n) is 13.9. The summed E-state index contributed by atoms with van der Waals surface area (Å²) in [7, 11) is 0. The van der Waals surface area contributed by atoms with Gasteiger partial charge in [-0.25, -0.2) is 15.0 Å². The van der Waals surface area contributed by atoms with Crippen LogP contribution in [0.25, 0.3) is 45.4 Å². The van der Waals surface area contributed by atoms with Crippen LogP contribution in [0.4, 0.5) is 0 Å². The van der Waals surface area contributed by atoms with Crippen LogP contribution in [0.15, 0.2) is 91.1 Å². The van der Waals surface area contributed by atoms with E-state index in [0.717, 1.165) is 27.9 Å². The summed E-state index contributed by atoms with van der Waals surface area (Å²) in [5.41, 5.74) is 7.73. The Morgan fingerprint density at radius 2 is 0.902 bits per heavy atom. The van der Waals surface area contributed by atoms with Crippen LogP contribution in [-0.4, -0.2) is 25.7 Å². The number of benzene rings is 3. The van der Waals surface area contributed by atoms with Crippen LogP contribution in [0.3, 0.4) is 0 Å². The third-order valence-electron chi connectivity index (χ3n) is 7.26. The molecule has 2 heterocycles. The highest BCUT2D eigenvalue weighted by Gasteiger charge is 2.17. The fraction of sp³-hybridized carbons (Fsp3) is 0.250. The van der Waals surface area contributed by atoms with Crippen LogP contribution in [0, 0.1) is 0 Å². The monoisotopic (exact) mass is 540 g/mol. The van der Waals surface area contributed by atoms with E-state index in [0.29, 0.717) is 23.0 Å². The molecule has 0 atom stereocenters. The van der Waals surface area contributed by atoms with Crippen LogP contribution in [-0.2, 0) is 10.8 Å². The van der Waals surface area contributed by atoms with Gasteiger partial charge in [0.2, 0.25) is 0 Å². The number of hydrogen-bond acceptors (Lipinski definition) is 5. The van der Waals surface area contributed by atoms with E-state index in [1.165, 1.54) is 11.1 Å². The van der Waals surface area contributed by atoms with Gasteiger partial charge in [0.25, 0.3) is 0 Å². The minimum atomic E-state index is 0.0439. The molecule has 0 fully saturated rings. The Morgan fingerprint density at radius 3 is 1.27 bits per heavy atom. The fourth-order valence-corrected chi connectivity index (χ4v) is 4.57. The summed E-state index contributed by atoms with van der Waals surface area (Å²) in [6.45, 7) is 14.8. The van der Waals surface area contributed by atoms with Gasteiger partial charge in [0, 0.05) is 34.0 Å². The molecule has 0 N–H and O–H groups in total. The van der Waals surface area contributed by atoms with Crippen molar-refractivity contribution >= 4 is 5.78 Å². The lowest BCUT2D eigenvalue weighted by molar-refractivity contribution is 0.101. The number of Topliss-reactive ketones (excluding diaryl/α,β-unsaturated/α-hetero) is 1. The smallest absolute Gasteiger partial charge is 0.165 e. The molecule has 41 heavy (non-hydrogen) atoms. The highest BCUT2D eigenvalue weighted by Crippen LogP contribution is 2.30. The molecule has 0 aliphatic carbocycles. The predicted molar refractivity (Wildman–Crippen MR) is 167 cm³/mol. The summed E-state index contributed by atoms with van der Waals surface area (Å²) in [5.74, 6) is 1.85. The SMILES string of the molecule is CC(=O)c1ccc(-c2ccc(-c3nc(-c4ccc(C(C)(C)C)cc4)nc(-c4ccc(C(C)(C)C)cc4)n3)cn2)cc1. The number of carbonyl (C=O) groups is 1. The van der Waals surface area contributed by atoms with Crippen molar-refractivity contribution in [3.63, 3.8) is 0 Å². The van der Waals surface area contributed by atoms with Crippen molar-refractivity contribution in [1.82, 2.24) is 19.9 Å². The van der Waals surface area contributed by atoms with Gasteiger partial charge in [0.1, 0.15) is 0 Å². The molecule has 0 spiro atoms. The van der Waals surface area contributed by atoms with Crippen molar-refractivity contribution in [3.05, 3.63) is 108 Å². The van der Waals surface area contributed by atoms with Crippen molar-refractivity contribution < 1.29 is 4.79 Å². The molecule has 5 rings (SSSR count). The van der Waals surface area contributed by atoms with Gasteiger partial charge in [-0.05, 0) is 41.0 Å². The first-order chi connectivity index (χ1) is 19.4. The van der Waals surface area contributed by atoms with Crippen LogP contribution < -0.4 is 0 Å². The Labute approximate surface area is 242 Å². The number of rotatable bonds is 5. The topological polar surface area (TPSA) is 68.6 Å². The largest absolute Gasteiger partial charge is 0.295 e. The number of pyridine rings is 1. The van der Waals surface area contributed by atoms with Crippen LogP contribution in [0.1, 0.15) is 70.0 Å². The molecule has 0 amide bonds. The van der Waals surface area contributed by atoms with Gasteiger partial charge in [0.05, 0.1) is 5.69 Å². The van der Waals surface area contributed by atoms with Crippen molar-refractivity contribution in [2.24, 2.45) is 0 Å². The van der Waals surface area contributed by atoms with Gasteiger partial charge in [-0.2, -0.15) is 0 Å². The standard InChI is InChI=1S/C36H36N4O/c1-23(41)24-8-10-25(11-9-24)31-21-16-28(22-37-31)34-39-32(26-12-17-29(18-13-26)35(2,3)4)38-33(40-34)27-14-19-30(20-15-27)36(5,6)7/h8-22H,1-7H3. The number of hydrogen-bond donors (Lipinski definition) is 0. The number of ketones is 1. The Kier molecular flexibility index (Phi) is 7.39. The lowest BCUT2D eigenvalue weighted by Gasteiger charge is -2.19. The van der Waals surface area contributed by atoms with Crippen molar-refractivity contribution in [2.45, 2.75) is 59.3 Å². The molecule has 5 nitrogen and oxygen atoms in total. The van der Waals surface area contributed by atoms with Crippen LogP contribution in [0.2, 0.25) is 0 Å². The maximum absolute atomic E-state index is 11.6. The zero-order valence-electron chi connectivity index (χ0n) is 24.9. The third kappa shape index (κ3) is 6.30. The molecule has 2 aromatic heterocycles. The van der Waals surface area contributed by atoms with Gasteiger partial charge < -0.3 is 0 Å². The maximum atomic E-state index is 11.6. The summed E-state index contributed by atoms with van der Waals surface area (Å²) in [4.78, 5) is 31.0. The Hall–Kier alpha value is -4.51. The Morgan fingerprint density at radius 1 is 0.512 bits per heavy atom. The van der Waals surface area contributed by atoms with Gasteiger partial charge in [0.15, 0.2) is 23.3 Å². The van der Waals surface area contributed by atoms with Gasteiger partial charge >= 0.3 is 0 Å². The molecular weight excluding hydrogens is 504 g/mol. The van der Waals surface area contributed by atoms with Crippen molar-refractivity contribution in [2.75, 3.05) is 0 Å². The molecule has 0 saturated carbocycles. The highest BCUT2D eigenvalue weighted by molar-refractivity contribution is 5.94. The number of nitrogens with zero attached hydrogens (tertiary/aromatic N) is 4. The Bertz CT molecular complexity index is 1600. The second kappa shape index (κ2) is 10.8. The second-order valence-electron chi connectivity index (χ2n) is 12.5.